The fourth-order valence-corrected chi connectivity index (χ4v) is 5.80. The van der Waals surface area contributed by atoms with Crippen LogP contribution in [0.5, 0.6) is 5.75 Å². The van der Waals surface area contributed by atoms with Gasteiger partial charge in [0.2, 0.25) is 0 Å². The van der Waals surface area contributed by atoms with Gasteiger partial charge in [0, 0.05) is 54.2 Å². The van der Waals surface area contributed by atoms with Crippen molar-refractivity contribution in [1.29, 1.82) is 0 Å². The van der Waals surface area contributed by atoms with Crippen LogP contribution in [0.15, 0.2) is 42.7 Å². The lowest BCUT2D eigenvalue weighted by Gasteiger charge is -2.24. The highest BCUT2D eigenvalue weighted by atomic mass is 31.2. The fraction of sp³-hybridized carbons (Fsp3) is 0.333. The summed E-state index contributed by atoms with van der Waals surface area (Å²) in [7, 11) is -3.12. The van der Waals surface area contributed by atoms with Crippen LogP contribution in [-0.4, -0.2) is 60.6 Å². The molecule has 1 amide bonds. The lowest BCUT2D eigenvalue weighted by molar-refractivity contribution is -0.102. The maximum Gasteiger partial charge on any atom is 0.471 e. The van der Waals surface area contributed by atoms with E-state index in [2.05, 4.69) is 19.5 Å². The summed E-state index contributed by atoms with van der Waals surface area (Å²) in [6, 6.07) is 6.21. The summed E-state index contributed by atoms with van der Waals surface area (Å²) in [5.41, 5.74) is 0.640. The molecule has 2 aliphatic heterocycles. The zero-order valence-electron chi connectivity index (χ0n) is 22.9. The molecule has 0 aliphatic carbocycles. The van der Waals surface area contributed by atoms with E-state index in [1.165, 1.54) is 35.5 Å². The van der Waals surface area contributed by atoms with Crippen LogP contribution in [-0.2, 0) is 19.4 Å². The van der Waals surface area contributed by atoms with Crippen LogP contribution in [0.25, 0.3) is 22.2 Å². The van der Waals surface area contributed by atoms with E-state index in [-0.39, 0.29) is 28.6 Å². The van der Waals surface area contributed by atoms with Crippen molar-refractivity contribution in [3.63, 3.8) is 0 Å². The predicted molar refractivity (Wildman–Crippen MR) is 143 cm³/mol. The summed E-state index contributed by atoms with van der Waals surface area (Å²) < 4.78 is 69.4. The van der Waals surface area contributed by atoms with Crippen LogP contribution >= 0.6 is 7.82 Å². The van der Waals surface area contributed by atoms with Crippen LogP contribution in [0.2, 0.25) is 0 Å². The molecular weight excluding hydrogens is 594 g/mol. The Labute approximate surface area is 242 Å². The summed E-state index contributed by atoms with van der Waals surface area (Å²) in [6.07, 6.45) is 3.12. The van der Waals surface area contributed by atoms with Crippen LogP contribution in [0.4, 0.5) is 13.2 Å². The molecule has 2 N–H and O–H groups in total. The lowest BCUT2D eigenvalue weighted by Crippen LogP contribution is -2.30. The summed E-state index contributed by atoms with van der Waals surface area (Å²) >= 11 is 0. The molecule has 2 atom stereocenters. The summed E-state index contributed by atoms with van der Waals surface area (Å²) in [5.74, 6) is -0.436. The summed E-state index contributed by atoms with van der Waals surface area (Å²) in [5, 5.41) is 0. The fourth-order valence-electron chi connectivity index (χ4n) is 5.61. The third-order valence-electron chi connectivity index (χ3n) is 7.64. The van der Waals surface area contributed by atoms with Crippen molar-refractivity contribution in [1.82, 2.24) is 24.4 Å². The number of ether oxygens (including phenoxy) is 2. The number of amides is 1. The van der Waals surface area contributed by atoms with E-state index in [0.29, 0.717) is 34.4 Å². The second-order valence-corrected chi connectivity index (χ2v) is 11.9. The monoisotopic (exact) mass is 619 g/mol. The first-order valence-corrected chi connectivity index (χ1v) is 14.5. The molecule has 43 heavy (non-hydrogen) atoms. The molecule has 4 aromatic rings. The maximum atomic E-state index is 15.4. The van der Waals surface area contributed by atoms with E-state index in [0.717, 1.165) is 0 Å². The molecule has 0 saturated heterocycles. The van der Waals surface area contributed by atoms with Gasteiger partial charge < -0.3 is 28.7 Å². The van der Waals surface area contributed by atoms with Crippen LogP contribution in [0, 0.1) is 5.82 Å². The van der Waals surface area contributed by atoms with Crippen molar-refractivity contribution in [3.05, 3.63) is 71.3 Å². The minimum Gasteiger partial charge on any atom is -0.434 e. The minimum atomic E-state index is -4.73. The van der Waals surface area contributed by atoms with E-state index >= 15 is 4.39 Å². The Balaban J connectivity index is 1.41. The van der Waals surface area contributed by atoms with E-state index < -0.39 is 44.7 Å². The first-order chi connectivity index (χ1) is 20.2. The van der Waals surface area contributed by atoms with Crippen LogP contribution in [0.3, 0.4) is 0 Å². The number of carbonyl (C=O) groups excluding carboxylic acids is 1. The predicted octanol–water partition coefficient (Wildman–Crippen LogP) is 4.67. The molecule has 6 rings (SSSR count). The summed E-state index contributed by atoms with van der Waals surface area (Å²) in [6.45, 7) is -0.675. The van der Waals surface area contributed by atoms with Gasteiger partial charge in [-0.15, -0.1) is 0 Å². The highest BCUT2D eigenvalue weighted by Gasteiger charge is 2.45. The molecule has 2 aromatic carbocycles. The molecule has 2 bridgehead atoms. The molecule has 12 nitrogen and oxygen atoms in total. The minimum absolute atomic E-state index is 0.114. The number of phosphoric acid groups is 1. The van der Waals surface area contributed by atoms with E-state index in [1.807, 2.05) is 4.57 Å². The zero-order chi connectivity index (χ0) is 30.8. The Morgan fingerprint density at radius 3 is 2.53 bits per heavy atom. The highest BCUT2D eigenvalue weighted by molar-refractivity contribution is 7.46. The van der Waals surface area contributed by atoms with Crippen LogP contribution in [0.1, 0.15) is 59.9 Å². The SMILES string of the molecule is CN1C(=O)c2cccc(OC(F)F)c2[C@H]2C[C@@H]1c1nc3cc(F)c(-c4cnc(C(C)(C)OCOP(=O)(O)O)nc4)cc3n12. The Morgan fingerprint density at radius 1 is 1.14 bits per heavy atom. The normalized spacial score (nSPS) is 18.3. The number of alkyl halides is 2. The van der Waals surface area contributed by atoms with E-state index in [4.69, 9.17) is 19.3 Å². The number of imidazole rings is 1. The molecule has 0 unspecified atom stereocenters. The molecule has 0 saturated carbocycles. The molecular formula is C27H25F3N5O7P. The Kier molecular flexibility index (Phi) is 7.05. The van der Waals surface area contributed by atoms with Gasteiger partial charge >= 0.3 is 14.4 Å². The van der Waals surface area contributed by atoms with Gasteiger partial charge in [0.15, 0.2) is 12.6 Å². The van der Waals surface area contributed by atoms with Gasteiger partial charge in [-0.2, -0.15) is 8.78 Å². The van der Waals surface area contributed by atoms with Gasteiger partial charge in [0.25, 0.3) is 5.91 Å². The Bertz CT molecular complexity index is 1790. The average Bonchev–Trinajstić information content (AvgIpc) is 3.44. The third-order valence-corrected chi connectivity index (χ3v) is 8.08. The summed E-state index contributed by atoms with van der Waals surface area (Å²) in [4.78, 5) is 45.7. The number of hydrogen-bond acceptors (Lipinski definition) is 8. The maximum absolute atomic E-state index is 15.4. The van der Waals surface area contributed by atoms with E-state index in [9.17, 15) is 18.1 Å². The number of nitrogens with zero attached hydrogens (tertiary/aromatic N) is 5. The number of halogens is 3. The number of phosphoric ester groups is 1. The second-order valence-electron chi connectivity index (χ2n) is 10.6. The quantitative estimate of drug-likeness (QED) is 0.210. The Hall–Kier alpha value is -3.88. The Morgan fingerprint density at radius 2 is 1.86 bits per heavy atom. The standard InChI is InChI=1S/C27H25F3N5O7P/c1-27(2,40-12-41-43(37,38)39)25-31-10-13(11-32-25)15-7-18-17(8-16(15)28)33-23-20-9-19(35(18)23)22-14(24(36)34(20)3)5-4-6-21(22)42-26(29)30/h4-8,10-11,19-20,26H,9,12H2,1-3H3,(H2,37,38,39)/t19-,20-/m1/s1. The average molecular weight is 619 g/mol. The molecule has 226 valence electrons. The first-order valence-electron chi connectivity index (χ1n) is 13.0. The van der Waals surface area contributed by atoms with Crippen LogP contribution < -0.4 is 4.74 Å². The number of carbonyl (C=O) groups is 1. The highest BCUT2D eigenvalue weighted by Crippen LogP contribution is 2.50. The van der Waals surface area contributed by atoms with Gasteiger partial charge in [-0.3, -0.25) is 9.32 Å². The van der Waals surface area contributed by atoms with Gasteiger partial charge in [-0.25, -0.2) is 23.9 Å². The van der Waals surface area contributed by atoms with Crippen molar-refractivity contribution in [3.8, 4) is 16.9 Å². The number of hydrogen-bond donors (Lipinski definition) is 2. The largest absolute Gasteiger partial charge is 0.471 e. The van der Waals surface area contributed by atoms with Gasteiger partial charge in [0.1, 0.15) is 23.0 Å². The van der Waals surface area contributed by atoms with Crippen molar-refractivity contribution in [2.24, 2.45) is 0 Å². The molecule has 0 radical (unpaired) electrons. The molecule has 16 heteroatoms. The third kappa shape index (κ3) is 5.17. The molecule has 2 aromatic heterocycles. The van der Waals surface area contributed by atoms with Crippen molar-refractivity contribution in [2.75, 3.05) is 13.8 Å². The topological polar surface area (TPSA) is 149 Å². The van der Waals surface area contributed by atoms with Crippen molar-refractivity contribution < 1.29 is 46.3 Å². The smallest absolute Gasteiger partial charge is 0.434 e. The zero-order valence-corrected chi connectivity index (χ0v) is 23.8. The number of rotatable bonds is 8. The lowest BCUT2D eigenvalue weighted by atomic mass is 9.97. The van der Waals surface area contributed by atoms with Gasteiger partial charge in [-0.05, 0) is 32.0 Å². The number of aromatic nitrogens is 4. The van der Waals surface area contributed by atoms with Gasteiger partial charge in [0.05, 0.1) is 23.1 Å². The molecule has 4 heterocycles. The van der Waals surface area contributed by atoms with Crippen molar-refractivity contribution >= 4 is 24.8 Å². The van der Waals surface area contributed by atoms with E-state index in [1.54, 1.807) is 33.0 Å². The van der Waals surface area contributed by atoms with Crippen molar-refractivity contribution in [2.45, 2.75) is 44.6 Å². The number of fused-ring (bicyclic) bond motifs is 9. The number of benzene rings is 2. The molecule has 0 fully saturated rings. The molecule has 0 spiro atoms. The van der Waals surface area contributed by atoms with Gasteiger partial charge in [-0.1, -0.05) is 6.07 Å². The first kappa shape index (κ1) is 29.2. The molecule has 2 aliphatic rings. The second kappa shape index (κ2) is 10.4.